The molecule has 0 radical (unpaired) electrons. The molecule has 0 spiro atoms. The number of nitro groups is 1. The molecule has 28 heavy (non-hydrogen) atoms. The van der Waals surface area contributed by atoms with E-state index in [1.165, 1.54) is 18.3 Å². The third-order valence-corrected chi connectivity index (χ3v) is 4.42. The number of hydrogen-bond donors (Lipinski definition) is 0. The first-order valence-electron chi connectivity index (χ1n) is 8.70. The van der Waals surface area contributed by atoms with Crippen LogP contribution >= 0.6 is 0 Å². The molecule has 0 aromatic heterocycles. The van der Waals surface area contributed by atoms with Gasteiger partial charge in [-0.1, -0.05) is 25.1 Å². The Morgan fingerprint density at radius 1 is 1.25 bits per heavy atom. The Kier molecular flexibility index (Phi) is 4.48. The summed E-state index contributed by atoms with van der Waals surface area (Å²) in [5, 5.41) is 19.3. The predicted octanol–water partition coefficient (Wildman–Crippen LogP) is 2.90. The van der Waals surface area contributed by atoms with Crippen LogP contribution in [0.2, 0.25) is 0 Å². The lowest BCUT2D eigenvalue weighted by atomic mass is 10.1. The van der Waals surface area contributed by atoms with Gasteiger partial charge in [0.05, 0.1) is 28.5 Å². The number of anilines is 1. The summed E-state index contributed by atoms with van der Waals surface area (Å²) in [6.07, 6.45) is 2.05. The number of amides is 1. The predicted molar refractivity (Wildman–Crippen MR) is 102 cm³/mol. The van der Waals surface area contributed by atoms with E-state index in [0.29, 0.717) is 23.6 Å². The van der Waals surface area contributed by atoms with E-state index in [2.05, 4.69) is 10.2 Å². The molecular formula is C19H16N4O5. The van der Waals surface area contributed by atoms with Gasteiger partial charge in [-0.15, -0.1) is 5.10 Å². The van der Waals surface area contributed by atoms with E-state index >= 15 is 0 Å². The number of ether oxygens (including phenoxy) is 2. The van der Waals surface area contributed by atoms with Gasteiger partial charge in [0.2, 0.25) is 6.79 Å². The summed E-state index contributed by atoms with van der Waals surface area (Å²) in [4.78, 5) is 25.1. The van der Waals surface area contributed by atoms with E-state index in [1.54, 1.807) is 11.0 Å². The quantitative estimate of drug-likeness (QED) is 0.450. The van der Waals surface area contributed by atoms with Crippen LogP contribution in [0.25, 0.3) is 0 Å². The van der Waals surface area contributed by atoms with Crippen LogP contribution in [-0.2, 0) is 4.79 Å². The third kappa shape index (κ3) is 2.96. The highest BCUT2D eigenvalue weighted by Gasteiger charge is 2.33. The van der Waals surface area contributed by atoms with Gasteiger partial charge in [0.25, 0.3) is 11.6 Å². The maximum atomic E-state index is 12.7. The summed E-state index contributed by atoms with van der Waals surface area (Å²) in [6.45, 7) is 2.57. The van der Waals surface area contributed by atoms with Crippen LogP contribution in [0.5, 0.6) is 11.5 Å². The SMILES string of the molecule is CCCN1C(=O)/C(=N/N=C\c2cc3c(cc2[N+](=O)[O-])OCO3)c2ccccc21. The van der Waals surface area contributed by atoms with Gasteiger partial charge >= 0.3 is 0 Å². The van der Waals surface area contributed by atoms with Gasteiger partial charge < -0.3 is 14.4 Å². The summed E-state index contributed by atoms with van der Waals surface area (Å²) in [5.41, 5.74) is 1.72. The number of carbonyl (C=O) groups is 1. The summed E-state index contributed by atoms with van der Waals surface area (Å²) in [6, 6.07) is 10.1. The third-order valence-electron chi connectivity index (χ3n) is 4.42. The van der Waals surface area contributed by atoms with E-state index in [0.717, 1.165) is 12.1 Å². The maximum Gasteiger partial charge on any atom is 0.282 e. The molecule has 9 heteroatoms. The van der Waals surface area contributed by atoms with Crippen molar-refractivity contribution in [1.29, 1.82) is 0 Å². The molecule has 2 aliphatic heterocycles. The largest absolute Gasteiger partial charge is 0.454 e. The van der Waals surface area contributed by atoms with Crippen molar-refractivity contribution in [2.24, 2.45) is 10.2 Å². The number of rotatable bonds is 5. The molecule has 0 saturated heterocycles. The number of fused-ring (bicyclic) bond motifs is 2. The standard InChI is InChI=1S/C19H16N4O5/c1-2-7-22-14-6-4-3-5-13(14)18(19(22)24)21-20-10-12-8-16-17(28-11-27-16)9-15(12)23(25)26/h3-6,8-10H,2,7,11H2,1H3/b20-10-,21-18+. The monoisotopic (exact) mass is 380 g/mol. The lowest BCUT2D eigenvalue weighted by Crippen LogP contribution is -2.30. The molecule has 0 unspecified atom stereocenters. The summed E-state index contributed by atoms with van der Waals surface area (Å²) < 4.78 is 10.4. The zero-order valence-electron chi connectivity index (χ0n) is 15.0. The Labute approximate surface area is 160 Å². The average molecular weight is 380 g/mol. The molecular weight excluding hydrogens is 364 g/mol. The number of nitro benzene ring substituents is 1. The molecule has 4 rings (SSSR count). The molecule has 0 saturated carbocycles. The Balaban J connectivity index is 1.69. The average Bonchev–Trinajstić information content (AvgIpc) is 3.25. The summed E-state index contributed by atoms with van der Waals surface area (Å²) in [5.74, 6) is 0.474. The number of benzene rings is 2. The molecule has 142 valence electrons. The van der Waals surface area contributed by atoms with Gasteiger partial charge in [-0.25, -0.2) is 0 Å². The zero-order chi connectivity index (χ0) is 19.7. The van der Waals surface area contributed by atoms with Gasteiger partial charge in [0.15, 0.2) is 17.2 Å². The van der Waals surface area contributed by atoms with Gasteiger partial charge in [-0.3, -0.25) is 14.9 Å². The molecule has 0 N–H and O–H groups in total. The Bertz CT molecular complexity index is 1030. The van der Waals surface area contributed by atoms with Crippen LogP contribution in [0.3, 0.4) is 0 Å². The smallest absolute Gasteiger partial charge is 0.282 e. The first-order chi connectivity index (χ1) is 13.6. The fourth-order valence-corrected chi connectivity index (χ4v) is 3.16. The second-order valence-corrected chi connectivity index (χ2v) is 6.19. The normalized spacial score (nSPS) is 16.2. The van der Waals surface area contributed by atoms with Crippen molar-refractivity contribution in [3.8, 4) is 11.5 Å². The summed E-state index contributed by atoms with van der Waals surface area (Å²) >= 11 is 0. The Morgan fingerprint density at radius 2 is 2.00 bits per heavy atom. The Morgan fingerprint density at radius 3 is 2.75 bits per heavy atom. The van der Waals surface area contributed by atoms with Gasteiger partial charge in [-0.2, -0.15) is 5.10 Å². The second-order valence-electron chi connectivity index (χ2n) is 6.19. The Hall–Kier alpha value is -3.75. The van der Waals surface area contributed by atoms with Crippen molar-refractivity contribution >= 4 is 29.2 Å². The molecule has 0 atom stereocenters. The van der Waals surface area contributed by atoms with E-state index in [-0.39, 0.29) is 29.7 Å². The van der Waals surface area contributed by atoms with Gasteiger partial charge in [-0.05, 0) is 18.6 Å². The van der Waals surface area contributed by atoms with Crippen molar-refractivity contribution in [2.75, 3.05) is 18.2 Å². The van der Waals surface area contributed by atoms with Crippen LogP contribution in [0.1, 0.15) is 24.5 Å². The van der Waals surface area contributed by atoms with Crippen molar-refractivity contribution in [3.05, 3.63) is 57.6 Å². The lowest BCUT2D eigenvalue weighted by Gasteiger charge is -2.14. The van der Waals surface area contributed by atoms with E-state index < -0.39 is 4.92 Å². The number of hydrogen-bond acceptors (Lipinski definition) is 7. The zero-order valence-corrected chi connectivity index (χ0v) is 15.0. The molecule has 0 aliphatic carbocycles. The van der Waals surface area contributed by atoms with Gasteiger partial charge in [0.1, 0.15) is 0 Å². The lowest BCUT2D eigenvalue weighted by molar-refractivity contribution is -0.385. The highest BCUT2D eigenvalue weighted by atomic mass is 16.7. The maximum absolute atomic E-state index is 12.7. The van der Waals surface area contributed by atoms with Crippen LogP contribution < -0.4 is 14.4 Å². The minimum absolute atomic E-state index is 0.00787. The first-order valence-corrected chi connectivity index (χ1v) is 8.70. The molecule has 2 aromatic carbocycles. The minimum Gasteiger partial charge on any atom is -0.454 e. The van der Waals surface area contributed by atoms with Crippen LogP contribution in [0.15, 0.2) is 46.6 Å². The fraction of sp³-hybridized carbons (Fsp3) is 0.211. The van der Waals surface area contributed by atoms with Crippen molar-refractivity contribution in [3.63, 3.8) is 0 Å². The topological polar surface area (TPSA) is 107 Å². The molecule has 0 bridgehead atoms. The van der Waals surface area contributed by atoms with Crippen LogP contribution in [0.4, 0.5) is 11.4 Å². The van der Waals surface area contributed by atoms with E-state index in [4.69, 9.17) is 9.47 Å². The van der Waals surface area contributed by atoms with E-state index in [1.807, 2.05) is 25.1 Å². The highest BCUT2D eigenvalue weighted by Crippen LogP contribution is 2.37. The molecule has 2 heterocycles. The van der Waals surface area contributed by atoms with Crippen LogP contribution in [0, 0.1) is 10.1 Å². The minimum atomic E-state index is -0.532. The van der Waals surface area contributed by atoms with Crippen molar-refractivity contribution in [2.45, 2.75) is 13.3 Å². The second kappa shape index (κ2) is 7.10. The first kappa shape index (κ1) is 17.7. The van der Waals surface area contributed by atoms with Crippen molar-refractivity contribution < 1.29 is 19.2 Å². The van der Waals surface area contributed by atoms with Crippen LogP contribution in [-0.4, -0.2) is 36.1 Å². The molecule has 2 aromatic rings. The highest BCUT2D eigenvalue weighted by molar-refractivity contribution is 6.54. The molecule has 9 nitrogen and oxygen atoms in total. The molecule has 1 amide bonds. The van der Waals surface area contributed by atoms with E-state index in [9.17, 15) is 14.9 Å². The number of para-hydroxylation sites is 1. The van der Waals surface area contributed by atoms with Gasteiger partial charge in [0, 0.05) is 12.1 Å². The molecule has 2 aliphatic rings. The number of nitrogens with zero attached hydrogens (tertiary/aromatic N) is 4. The number of carbonyl (C=O) groups excluding carboxylic acids is 1. The van der Waals surface area contributed by atoms with Crippen molar-refractivity contribution in [1.82, 2.24) is 0 Å². The summed E-state index contributed by atoms with van der Waals surface area (Å²) in [7, 11) is 0. The fourth-order valence-electron chi connectivity index (χ4n) is 3.16. The molecule has 0 fully saturated rings.